The highest BCUT2D eigenvalue weighted by Gasteiger charge is 2.12. The van der Waals surface area contributed by atoms with Gasteiger partial charge in [0.1, 0.15) is 0 Å². The fourth-order valence-electron chi connectivity index (χ4n) is 0.843. The zero-order valence-electron chi connectivity index (χ0n) is 6.65. The molecule has 0 unspecified atom stereocenters. The molecule has 3 N–H and O–H groups in total. The maximum absolute atomic E-state index is 10.3. The largest absolute Gasteiger partial charge is 0.481 e. The lowest BCUT2D eigenvalue weighted by Gasteiger charge is -2.03. The quantitative estimate of drug-likeness (QED) is 0.736. The molecule has 1 rings (SSSR count). The molecule has 0 bridgehead atoms. The number of nitrogens with two attached hydrogens (primary N) is 1. The van der Waals surface area contributed by atoms with Gasteiger partial charge in [0.05, 0.1) is 23.2 Å². The lowest BCUT2D eigenvalue weighted by molar-refractivity contribution is -0.137. The third-order valence-electron chi connectivity index (χ3n) is 1.41. The standard InChI is InChI=1S/C7H10N2O2S/c1-4-9-6(3-12-4)5(8)2-7(10)11/h3,5H,2,8H2,1H3,(H,10,11)/t5-/m0/s1. The molecule has 0 saturated heterocycles. The van der Waals surface area contributed by atoms with Crippen LogP contribution in [0.15, 0.2) is 5.38 Å². The van der Waals surface area contributed by atoms with Gasteiger partial charge in [-0.3, -0.25) is 4.79 Å². The van der Waals surface area contributed by atoms with Crippen LogP contribution in [0.1, 0.15) is 23.2 Å². The minimum absolute atomic E-state index is 0.0663. The van der Waals surface area contributed by atoms with Gasteiger partial charge in [0.15, 0.2) is 0 Å². The fourth-order valence-corrected chi connectivity index (χ4v) is 1.52. The molecule has 1 atom stereocenters. The second-order valence-electron chi connectivity index (χ2n) is 2.50. The second kappa shape index (κ2) is 3.64. The highest BCUT2D eigenvalue weighted by atomic mass is 32.1. The van der Waals surface area contributed by atoms with Gasteiger partial charge in [-0.15, -0.1) is 11.3 Å². The molecule has 5 heteroatoms. The summed E-state index contributed by atoms with van der Waals surface area (Å²) in [6.45, 7) is 1.86. The van der Waals surface area contributed by atoms with E-state index in [4.69, 9.17) is 10.8 Å². The van der Waals surface area contributed by atoms with E-state index in [1.54, 1.807) is 5.38 Å². The van der Waals surface area contributed by atoms with Gasteiger partial charge in [0, 0.05) is 5.38 Å². The minimum Gasteiger partial charge on any atom is -0.481 e. The summed E-state index contributed by atoms with van der Waals surface area (Å²) in [4.78, 5) is 14.4. The van der Waals surface area contributed by atoms with Gasteiger partial charge in [0.25, 0.3) is 0 Å². The van der Waals surface area contributed by atoms with Crippen molar-refractivity contribution in [3.05, 3.63) is 16.1 Å². The maximum atomic E-state index is 10.3. The first-order valence-electron chi connectivity index (χ1n) is 3.49. The Morgan fingerprint density at radius 2 is 2.58 bits per heavy atom. The summed E-state index contributed by atoms with van der Waals surface area (Å²) in [7, 11) is 0. The van der Waals surface area contributed by atoms with Gasteiger partial charge in [-0.05, 0) is 6.92 Å². The van der Waals surface area contributed by atoms with Gasteiger partial charge >= 0.3 is 5.97 Å². The molecule has 0 aliphatic rings. The number of rotatable bonds is 3. The number of aryl methyl sites for hydroxylation is 1. The van der Waals surface area contributed by atoms with E-state index in [-0.39, 0.29) is 6.42 Å². The summed E-state index contributed by atoms with van der Waals surface area (Å²) >= 11 is 1.48. The first-order valence-corrected chi connectivity index (χ1v) is 4.37. The number of aliphatic carboxylic acids is 1. The van der Waals surface area contributed by atoms with E-state index >= 15 is 0 Å². The number of carboxylic acids is 1. The number of hydrogen-bond donors (Lipinski definition) is 2. The molecule has 0 saturated carbocycles. The Balaban J connectivity index is 2.64. The SMILES string of the molecule is Cc1nc([C@@H](N)CC(=O)O)cs1. The van der Waals surface area contributed by atoms with E-state index in [0.717, 1.165) is 5.01 Å². The molecule has 0 spiro atoms. The van der Waals surface area contributed by atoms with Crippen LogP contribution >= 0.6 is 11.3 Å². The lowest BCUT2D eigenvalue weighted by Crippen LogP contribution is -2.15. The molecule has 4 nitrogen and oxygen atoms in total. The van der Waals surface area contributed by atoms with Gasteiger partial charge < -0.3 is 10.8 Å². The van der Waals surface area contributed by atoms with Crippen molar-refractivity contribution >= 4 is 17.3 Å². The molecule has 1 aromatic heterocycles. The molecule has 1 aromatic rings. The third-order valence-corrected chi connectivity index (χ3v) is 2.20. The molecule has 66 valence electrons. The summed E-state index contributed by atoms with van der Waals surface area (Å²) in [6.07, 6.45) is -0.0663. The van der Waals surface area contributed by atoms with Gasteiger partial charge in [-0.2, -0.15) is 0 Å². The van der Waals surface area contributed by atoms with Crippen LogP contribution in [0.2, 0.25) is 0 Å². The summed E-state index contributed by atoms with van der Waals surface area (Å²) in [5, 5.41) is 11.2. The zero-order chi connectivity index (χ0) is 9.14. The Bertz CT molecular complexity index is 285. The first-order chi connectivity index (χ1) is 5.59. The van der Waals surface area contributed by atoms with E-state index in [2.05, 4.69) is 4.98 Å². The van der Waals surface area contributed by atoms with Crippen LogP contribution in [0.3, 0.4) is 0 Å². The van der Waals surface area contributed by atoms with Gasteiger partial charge in [0.2, 0.25) is 0 Å². The Morgan fingerprint density at radius 3 is 3.00 bits per heavy atom. The van der Waals surface area contributed by atoms with E-state index in [9.17, 15) is 4.79 Å². The average Bonchev–Trinajstić information content (AvgIpc) is 2.34. The Kier molecular flexibility index (Phi) is 2.78. The van der Waals surface area contributed by atoms with E-state index in [1.807, 2.05) is 6.92 Å². The highest BCUT2D eigenvalue weighted by Crippen LogP contribution is 2.16. The van der Waals surface area contributed by atoms with Crippen LogP contribution in [0.4, 0.5) is 0 Å². The molecule has 1 heterocycles. The molecule has 0 aromatic carbocycles. The number of hydrogen-bond acceptors (Lipinski definition) is 4. The highest BCUT2D eigenvalue weighted by molar-refractivity contribution is 7.09. The Morgan fingerprint density at radius 1 is 1.92 bits per heavy atom. The van der Waals surface area contributed by atoms with Crippen LogP contribution in [0, 0.1) is 6.92 Å². The summed E-state index contributed by atoms with van der Waals surface area (Å²) in [5.74, 6) is -0.895. The Labute approximate surface area is 74.0 Å². The fraction of sp³-hybridized carbons (Fsp3) is 0.429. The van der Waals surface area contributed by atoms with Crippen molar-refractivity contribution in [3.63, 3.8) is 0 Å². The predicted octanol–water partition coefficient (Wildman–Crippen LogP) is 0.926. The van der Waals surface area contributed by atoms with Crippen molar-refractivity contribution in [1.29, 1.82) is 0 Å². The summed E-state index contributed by atoms with van der Waals surface area (Å²) < 4.78 is 0. The van der Waals surface area contributed by atoms with Crippen molar-refractivity contribution < 1.29 is 9.90 Å². The van der Waals surface area contributed by atoms with Crippen molar-refractivity contribution in [1.82, 2.24) is 4.98 Å². The van der Waals surface area contributed by atoms with Gasteiger partial charge in [-0.25, -0.2) is 4.98 Å². The minimum atomic E-state index is -0.895. The first kappa shape index (κ1) is 9.15. The number of aromatic nitrogens is 1. The number of thiazole rings is 1. The van der Waals surface area contributed by atoms with Crippen LogP contribution in [0.25, 0.3) is 0 Å². The smallest absolute Gasteiger partial charge is 0.305 e. The molecular formula is C7H10N2O2S. The van der Waals surface area contributed by atoms with Crippen LogP contribution in [-0.2, 0) is 4.79 Å². The third kappa shape index (κ3) is 2.28. The second-order valence-corrected chi connectivity index (χ2v) is 3.56. The topological polar surface area (TPSA) is 76.2 Å². The number of carbonyl (C=O) groups is 1. The van der Waals surface area contributed by atoms with Crippen molar-refractivity contribution in [2.45, 2.75) is 19.4 Å². The summed E-state index contributed by atoms with van der Waals surface area (Å²) in [5.41, 5.74) is 6.24. The normalized spacial score (nSPS) is 12.8. The lowest BCUT2D eigenvalue weighted by atomic mass is 10.2. The number of carboxylic acid groups (broad SMARTS) is 1. The van der Waals surface area contributed by atoms with E-state index in [1.165, 1.54) is 11.3 Å². The zero-order valence-corrected chi connectivity index (χ0v) is 7.47. The average molecular weight is 186 g/mol. The molecule has 0 radical (unpaired) electrons. The van der Waals surface area contributed by atoms with Crippen molar-refractivity contribution in [2.24, 2.45) is 5.73 Å². The molecule has 0 aliphatic carbocycles. The van der Waals surface area contributed by atoms with Crippen LogP contribution < -0.4 is 5.73 Å². The Hall–Kier alpha value is -0.940. The monoisotopic (exact) mass is 186 g/mol. The predicted molar refractivity (Wildman–Crippen MR) is 46.0 cm³/mol. The molecule has 12 heavy (non-hydrogen) atoms. The van der Waals surface area contributed by atoms with E-state index < -0.39 is 12.0 Å². The van der Waals surface area contributed by atoms with Gasteiger partial charge in [-0.1, -0.05) is 0 Å². The van der Waals surface area contributed by atoms with E-state index in [0.29, 0.717) is 5.69 Å². The molecule has 0 fully saturated rings. The molecule has 0 aliphatic heterocycles. The molecule has 0 amide bonds. The summed E-state index contributed by atoms with van der Waals surface area (Å²) in [6, 6.07) is -0.479. The van der Waals surface area contributed by atoms with Crippen LogP contribution in [0.5, 0.6) is 0 Å². The number of nitrogens with zero attached hydrogens (tertiary/aromatic N) is 1. The van der Waals surface area contributed by atoms with Crippen LogP contribution in [-0.4, -0.2) is 16.1 Å². The van der Waals surface area contributed by atoms with Crippen molar-refractivity contribution in [3.8, 4) is 0 Å². The maximum Gasteiger partial charge on any atom is 0.305 e. The molecular weight excluding hydrogens is 176 g/mol. The van der Waals surface area contributed by atoms with Crippen molar-refractivity contribution in [2.75, 3.05) is 0 Å².